The maximum Gasteiger partial charge on any atom is 0.201 e. The van der Waals surface area contributed by atoms with Gasteiger partial charge in [-0.2, -0.15) is 0 Å². The van der Waals surface area contributed by atoms with E-state index in [2.05, 4.69) is 4.98 Å². The van der Waals surface area contributed by atoms with Crippen molar-refractivity contribution in [3.8, 4) is 0 Å². The third-order valence-electron chi connectivity index (χ3n) is 4.10. The number of fused-ring (bicyclic) bond motifs is 1. The van der Waals surface area contributed by atoms with Crippen LogP contribution >= 0.6 is 23.2 Å². The molecule has 1 aromatic carbocycles. The molecule has 114 valence electrons. The Balaban J connectivity index is 2.12. The summed E-state index contributed by atoms with van der Waals surface area (Å²) in [6, 6.07) is 2.76. The van der Waals surface area contributed by atoms with Crippen molar-refractivity contribution in [2.24, 2.45) is 5.92 Å². The molecule has 8 heteroatoms. The van der Waals surface area contributed by atoms with Gasteiger partial charge in [0.2, 0.25) is 5.95 Å². The molecule has 4 atom stereocenters. The third-order valence-corrected chi connectivity index (χ3v) is 4.82. The van der Waals surface area contributed by atoms with Crippen LogP contribution in [0, 0.1) is 5.92 Å². The minimum atomic E-state index is -1.03. The molecule has 3 rings (SSSR count). The molecule has 1 aliphatic carbocycles. The van der Waals surface area contributed by atoms with Gasteiger partial charge >= 0.3 is 0 Å². The average Bonchev–Trinajstić information content (AvgIpc) is 2.89. The minimum Gasteiger partial charge on any atom is -0.396 e. The molecular formula is C13H15Cl2N3O3. The Bertz CT molecular complexity index is 691. The number of anilines is 1. The highest BCUT2D eigenvalue weighted by atomic mass is 35.5. The molecule has 2 aromatic rings. The number of halogens is 2. The highest BCUT2D eigenvalue weighted by Gasteiger charge is 2.43. The SMILES string of the molecule is Nc1nc2cc(Cl)c(Cl)cc2n1C1CC(CO)C(O)C1O. The zero-order valence-electron chi connectivity index (χ0n) is 10.9. The van der Waals surface area contributed by atoms with Gasteiger partial charge in [-0.05, 0) is 18.6 Å². The van der Waals surface area contributed by atoms with Crippen molar-refractivity contribution in [2.75, 3.05) is 12.3 Å². The van der Waals surface area contributed by atoms with Gasteiger partial charge in [0.1, 0.15) is 6.10 Å². The largest absolute Gasteiger partial charge is 0.396 e. The van der Waals surface area contributed by atoms with Crippen LogP contribution in [0.4, 0.5) is 5.95 Å². The fraction of sp³-hybridized carbons (Fsp3) is 0.462. The van der Waals surface area contributed by atoms with Crippen molar-refractivity contribution in [1.82, 2.24) is 9.55 Å². The zero-order valence-corrected chi connectivity index (χ0v) is 12.5. The zero-order chi connectivity index (χ0) is 15.3. The maximum absolute atomic E-state index is 10.2. The fourth-order valence-electron chi connectivity index (χ4n) is 2.99. The first-order valence-electron chi connectivity index (χ1n) is 6.53. The summed E-state index contributed by atoms with van der Waals surface area (Å²) in [4.78, 5) is 4.21. The van der Waals surface area contributed by atoms with E-state index in [-0.39, 0.29) is 12.6 Å². The summed E-state index contributed by atoms with van der Waals surface area (Å²) in [6.07, 6.45) is -1.63. The number of nitrogens with two attached hydrogens (primary N) is 1. The first-order valence-corrected chi connectivity index (χ1v) is 7.29. The van der Waals surface area contributed by atoms with Crippen molar-refractivity contribution in [3.63, 3.8) is 0 Å². The predicted molar refractivity (Wildman–Crippen MR) is 80.4 cm³/mol. The second-order valence-electron chi connectivity index (χ2n) is 5.32. The van der Waals surface area contributed by atoms with Crippen LogP contribution in [-0.2, 0) is 0 Å². The lowest BCUT2D eigenvalue weighted by atomic mass is 10.1. The summed E-state index contributed by atoms with van der Waals surface area (Å²) in [5.41, 5.74) is 7.14. The van der Waals surface area contributed by atoms with Crippen molar-refractivity contribution in [2.45, 2.75) is 24.7 Å². The van der Waals surface area contributed by atoms with E-state index in [0.717, 1.165) is 0 Å². The predicted octanol–water partition coefficient (Wildman–Crippen LogP) is 1.20. The molecule has 1 fully saturated rings. The molecule has 1 aromatic heterocycles. The molecule has 0 aliphatic heterocycles. The van der Waals surface area contributed by atoms with Crippen LogP contribution in [0.15, 0.2) is 12.1 Å². The number of imidazole rings is 1. The smallest absolute Gasteiger partial charge is 0.201 e. The molecule has 0 spiro atoms. The minimum absolute atomic E-state index is 0.201. The van der Waals surface area contributed by atoms with Crippen molar-refractivity contribution >= 4 is 40.2 Å². The quantitative estimate of drug-likeness (QED) is 0.661. The number of rotatable bonds is 2. The van der Waals surface area contributed by atoms with Crippen LogP contribution in [-0.4, -0.2) is 43.7 Å². The number of nitrogens with zero attached hydrogens (tertiary/aromatic N) is 2. The summed E-state index contributed by atoms with van der Waals surface area (Å²) >= 11 is 12.0. The van der Waals surface area contributed by atoms with Crippen LogP contribution in [0.25, 0.3) is 11.0 Å². The van der Waals surface area contributed by atoms with Gasteiger partial charge in [0.05, 0.1) is 33.2 Å². The van der Waals surface area contributed by atoms with Gasteiger partial charge < -0.3 is 25.6 Å². The number of aliphatic hydroxyl groups excluding tert-OH is 3. The lowest BCUT2D eigenvalue weighted by Gasteiger charge is -2.20. The Morgan fingerprint density at radius 1 is 1.24 bits per heavy atom. The Hall–Kier alpha value is -1.05. The molecular weight excluding hydrogens is 317 g/mol. The number of nitrogen functional groups attached to an aromatic ring is 1. The number of hydrogen-bond donors (Lipinski definition) is 4. The number of hydrogen-bond acceptors (Lipinski definition) is 5. The van der Waals surface area contributed by atoms with E-state index < -0.39 is 24.2 Å². The third kappa shape index (κ3) is 2.27. The van der Waals surface area contributed by atoms with E-state index in [1.165, 1.54) is 0 Å². The molecule has 0 radical (unpaired) electrons. The van der Waals surface area contributed by atoms with Crippen molar-refractivity contribution in [3.05, 3.63) is 22.2 Å². The normalized spacial score (nSPS) is 29.4. The van der Waals surface area contributed by atoms with E-state index >= 15 is 0 Å². The average molecular weight is 332 g/mol. The highest BCUT2D eigenvalue weighted by Crippen LogP contribution is 2.39. The second-order valence-corrected chi connectivity index (χ2v) is 6.14. The number of aliphatic hydroxyl groups is 3. The van der Waals surface area contributed by atoms with Gasteiger partial charge in [0.25, 0.3) is 0 Å². The van der Waals surface area contributed by atoms with E-state index in [1.807, 2.05) is 0 Å². The van der Waals surface area contributed by atoms with E-state index in [4.69, 9.17) is 28.9 Å². The van der Waals surface area contributed by atoms with Gasteiger partial charge in [0.15, 0.2) is 0 Å². The number of benzene rings is 1. The molecule has 21 heavy (non-hydrogen) atoms. The Morgan fingerprint density at radius 2 is 1.90 bits per heavy atom. The summed E-state index contributed by atoms with van der Waals surface area (Å²) in [5.74, 6) is -0.192. The highest BCUT2D eigenvalue weighted by molar-refractivity contribution is 6.42. The van der Waals surface area contributed by atoms with Gasteiger partial charge in [-0.25, -0.2) is 4.98 Å². The standard InChI is InChI=1S/C13H15Cl2N3O3/c14-6-2-8-9(3-7(6)15)18(13(16)17-8)10-1-5(4-19)11(20)12(10)21/h2-3,5,10-12,19-21H,1,4H2,(H2,16,17). The molecule has 1 heterocycles. The Kier molecular flexibility index (Phi) is 3.75. The monoisotopic (exact) mass is 331 g/mol. The Labute approximate surface area is 130 Å². The van der Waals surface area contributed by atoms with Crippen LogP contribution in [0.3, 0.4) is 0 Å². The maximum atomic E-state index is 10.2. The molecule has 6 nitrogen and oxygen atoms in total. The molecule has 0 bridgehead atoms. The molecule has 1 saturated carbocycles. The second kappa shape index (κ2) is 5.30. The molecule has 1 aliphatic rings. The van der Waals surface area contributed by atoms with Crippen molar-refractivity contribution < 1.29 is 15.3 Å². The topological polar surface area (TPSA) is 105 Å². The van der Waals surface area contributed by atoms with E-state index in [9.17, 15) is 15.3 Å². The summed E-state index contributed by atoms with van der Waals surface area (Å²) < 4.78 is 1.64. The summed E-state index contributed by atoms with van der Waals surface area (Å²) in [6.45, 7) is -0.201. The van der Waals surface area contributed by atoms with Crippen LogP contribution in [0.1, 0.15) is 12.5 Å². The number of aromatic nitrogens is 2. The van der Waals surface area contributed by atoms with E-state index in [0.29, 0.717) is 27.5 Å². The lowest BCUT2D eigenvalue weighted by molar-refractivity contribution is -0.00343. The lowest BCUT2D eigenvalue weighted by Crippen LogP contribution is -2.30. The molecule has 5 N–H and O–H groups in total. The fourth-order valence-corrected chi connectivity index (χ4v) is 3.31. The first-order chi connectivity index (χ1) is 9.93. The summed E-state index contributed by atoms with van der Waals surface area (Å²) in [5, 5.41) is 30.2. The Morgan fingerprint density at radius 3 is 2.52 bits per heavy atom. The molecule has 4 unspecified atom stereocenters. The van der Waals surface area contributed by atoms with Gasteiger partial charge in [-0.3, -0.25) is 0 Å². The van der Waals surface area contributed by atoms with Crippen LogP contribution in [0.2, 0.25) is 10.0 Å². The van der Waals surface area contributed by atoms with E-state index in [1.54, 1.807) is 16.7 Å². The van der Waals surface area contributed by atoms with Gasteiger partial charge in [-0.15, -0.1) is 0 Å². The van der Waals surface area contributed by atoms with Gasteiger partial charge in [-0.1, -0.05) is 23.2 Å². The molecule has 0 amide bonds. The summed E-state index contributed by atoms with van der Waals surface area (Å²) in [7, 11) is 0. The first kappa shape index (κ1) is 14.9. The van der Waals surface area contributed by atoms with Crippen LogP contribution < -0.4 is 5.73 Å². The van der Waals surface area contributed by atoms with Gasteiger partial charge in [0, 0.05) is 12.5 Å². The van der Waals surface area contributed by atoms with Crippen LogP contribution in [0.5, 0.6) is 0 Å². The van der Waals surface area contributed by atoms with Crippen molar-refractivity contribution in [1.29, 1.82) is 0 Å². The molecule has 0 saturated heterocycles.